The van der Waals surface area contributed by atoms with Gasteiger partial charge >= 0.3 is 18.0 Å². The van der Waals surface area contributed by atoms with E-state index in [-0.39, 0.29) is 18.9 Å². The Bertz CT molecular complexity index is 1220. The Hall–Kier alpha value is -3.72. The Morgan fingerprint density at radius 2 is 1.49 bits per heavy atom. The van der Waals surface area contributed by atoms with Crippen molar-refractivity contribution < 1.29 is 45.7 Å². The van der Waals surface area contributed by atoms with Crippen molar-refractivity contribution in [2.75, 3.05) is 18.5 Å². The largest absolute Gasteiger partial charge is 0.546 e. The van der Waals surface area contributed by atoms with Crippen molar-refractivity contribution in [1.82, 2.24) is 14.3 Å². The summed E-state index contributed by atoms with van der Waals surface area (Å²) < 4.78 is 87.0. The number of ether oxygens (including phenoxy) is 2. The molecule has 0 unspecified atom stereocenters. The molecule has 218 valence electrons. The Kier molecular flexibility index (Phi) is 10.4. The average molecular weight is 569 g/mol. The second-order valence-electron chi connectivity index (χ2n) is 8.90. The molecule has 0 amide bonds. The smallest absolute Gasteiger partial charge is 0.389 e. The Balaban J connectivity index is 2.08. The van der Waals surface area contributed by atoms with Gasteiger partial charge < -0.3 is 24.7 Å². The van der Waals surface area contributed by atoms with E-state index in [9.17, 15) is 45.8 Å². The number of nitrogens with zero attached hydrogens (tertiary/aromatic N) is 3. The predicted octanol–water partition coefficient (Wildman–Crippen LogP) is 2.49. The summed E-state index contributed by atoms with van der Waals surface area (Å²) in [4.78, 5) is 36.2. The summed E-state index contributed by atoms with van der Waals surface area (Å²) >= 11 is 0. The van der Waals surface area contributed by atoms with Crippen LogP contribution in [0.1, 0.15) is 39.5 Å². The maximum atomic E-state index is 12.7. The van der Waals surface area contributed by atoms with Crippen LogP contribution in [0.4, 0.5) is 32.2 Å². The number of aryl methyl sites for hydroxylation is 1. The predicted molar refractivity (Wildman–Crippen MR) is 123 cm³/mol. The molecule has 0 radical (unpaired) electrons. The quantitative estimate of drug-likeness (QED) is 0.272. The van der Waals surface area contributed by atoms with Crippen LogP contribution in [0.2, 0.25) is 0 Å². The number of anilines is 1. The van der Waals surface area contributed by atoms with Crippen molar-refractivity contribution in [3.63, 3.8) is 0 Å². The van der Waals surface area contributed by atoms with Gasteiger partial charge in [-0.15, -0.1) is 5.10 Å². The van der Waals surface area contributed by atoms with Gasteiger partial charge in [-0.25, -0.2) is 9.48 Å². The minimum atomic E-state index is -4.52. The monoisotopic (exact) mass is 569 g/mol. The van der Waals surface area contributed by atoms with E-state index in [4.69, 9.17) is 9.47 Å². The highest BCUT2D eigenvalue weighted by Crippen LogP contribution is 2.23. The third-order valence-electron chi connectivity index (χ3n) is 5.14. The molecule has 16 heteroatoms. The summed E-state index contributed by atoms with van der Waals surface area (Å²) in [5, 5.41) is 17.4. The second-order valence-corrected chi connectivity index (χ2v) is 8.90. The fraction of sp³-hybridized carbons (Fsp3) is 0.565. The number of nitrogens with one attached hydrogen (secondary N) is 1. The van der Waals surface area contributed by atoms with Gasteiger partial charge in [-0.2, -0.15) is 26.3 Å². The lowest BCUT2D eigenvalue weighted by atomic mass is 10.1. The van der Waals surface area contributed by atoms with Crippen molar-refractivity contribution >= 4 is 11.8 Å². The highest BCUT2D eigenvalue weighted by Gasteiger charge is 2.28. The lowest BCUT2D eigenvalue weighted by Gasteiger charge is -2.27. The van der Waals surface area contributed by atoms with Gasteiger partial charge in [0.1, 0.15) is 23.7 Å². The number of rotatable bonds is 14. The van der Waals surface area contributed by atoms with Crippen LogP contribution < -0.4 is 31.1 Å². The summed E-state index contributed by atoms with van der Waals surface area (Å²) in [5.41, 5.74) is -3.70. The van der Waals surface area contributed by atoms with Crippen LogP contribution in [0.3, 0.4) is 0 Å². The number of carboxylic acid groups (broad SMARTS) is 1. The van der Waals surface area contributed by atoms with Gasteiger partial charge in [-0.3, -0.25) is 9.36 Å². The number of hydrogen-bond donors (Lipinski definition) is 1. The molecule has 39 heavy (non-hydrogen) atoms. The molecule has 0 spiro atoms. The summed E-state index contributed by atoms with van der Waals surface area (Å²) in [6.07, 6.45) is -12.6. The van der Waals surface area contributed by atoms with Crippen molar-refractivity contribution in [3.8, 4) is 11.5 Å². The Morgan fingerprint density at radius 1 is 0.949 bits per heavy atom. The number of aromatic nitrogens is 3. The van der Waals surface area contributed by atoms with E-state index in [1.54, 1.807) is 0 Å². The van der Waals surface area contributed by atoms with Crippen LogP contribution in [-0.4, -0.2) is 51.4 Å². The van der Waals surface area contributed by atoms with E-state index in [2.05, 4.69) is 10.4 Å². The third kappa shape index (κ3) is 10.5. The zero-order valence-electron chi connectivity index (χ0n) is 21.0. The zero-order valence-corrected chi connectivity index (χ0v) is 21.0. The van der Waals surface area contributed by atoms with Gasteiger partial charge in [0.05, 0.1) is 12.5 Å². The minimum Gasteiger partial charge on any atom is -0.546 e. The van der Waals surface area contributed by atoms with Crippen molar-refractivity contribution in [2.24, 2.45) is 0 Å². The molecule has 2 aromatic rings. The first-order chi connectivity index (χ1) is 18.0. The van der Waals surface area contributed by atoms with Gasteiger partial charge in [0.2, 0.25) is 5.82 Å². The van der Waals surface area contributed by atoms with E-state index in [1.165, 1.54) is 38.1 Å². The van der Waals surface area contributed by atoms with Crippen LogP contribution in [0.5, 0.6) is 11.5 Å². The molecule has 0 aliphatic heterocycles. The molecule has 0 bridgehead atoms. The molecule has 0 saturated carbocycles. The van der Waals surface area contributed by atoms with E-state index in [1.807, 2.05) is 0 Å². The molecule has 2 rings (SSSR count). The molecule has 1 N–H and O–H groups in total. The van der Waals surface area contributed by atoms with Gasteiger partial charge in [-0.1, -0.05) is 0 Å². The number of alkyl halides is 6. The first-order valence-corrected chi connectivity index (χ1v) is 11.7. The van der Waals surface area contributed by atoms with Gasteiger partial charge in [0, 0.05) is 25.9 Å². The van der Waals surface area contributed by atoms with Crippen LogP contribution in [0.25, 0.3) is 0 Å². The molecule has 1 heterocycles. The van der Waals surface area contributed by atoms with Crippen LogP contribution >= 0.6 is 0 Å². The first kappa shape index (κ1) is 31.5. The summed E-state index contributed by atoms with van der Waals surface area (Å²) in [6, 6.07) is 5.86. The maximum Gasteiger partial charge on any atom is 0.389 e. The topological polar surface area (TPSA) is 128 Å². The van der Waals surface area contributed by atoms with Crippen molar-refractivity contribution in [3.05, 3.63) is 45.1 Å². The summed E-state index contributed by atoms with van der Waals surface area (Å²) in [6.45, 7) is 1.39. The second kappa shape index (κ2) is 12.9. The van der Waals surface area contributed by atoms with Crippen LogP contribution in [-0.2, 0) is 17.9 Å². The number of carbonyl (C=O) groups excluding carboxylic acids is 1. The van der Waals surface area contributed by atoms with E-state index in [0.29, 0.717) is 15.0 Å². The zero-order chi connectivity index (χ0) is 29.4. The number of benzene rings is 1. The maximum absolute atomic E-state index is 12.7. The third-order valence-corrected chi connectivity index (χ3v) is 5.14. The fourth-order valence-corrected chi connectivity index (χ4v) is 3.16. The van der Waals surface area contributed by atoms with Crippen molar-refractivity contribution in [2.45, 2.75) is 70.6 Å². The number of halogens is 6. The van der Waals surface area contributed by atoms with Crippen LogP contribution in [0, 0.1) is 0 Å². The van der Waals surface area contributed by atoms with E-state index in [0.717, 1.165) is 0 Å². The highest BCUT2D eigenvalue weighted by atomic mass is 19.4. The molecule has 0 aliphatic carbocycles. The molecule has 0 fully saturated rings. The van der Waals surface area contributed by atoms with Gasteiger partial charge in [-0.05, 0) is 51.0 Å². The minimum absolute atomic E-state index is 0.0624. The average Bonchev–Trinajstić information content (AvgIpc) is 2.80. The summed E-state index contributed by atoms with van der Waals surface area (Å²) in [5.74, 6) is -1.28. The normalized spacial score (nSPS) is 12.3. The molecule has 0 atom stereocenters. The SMILES string of the molecule is CC(C)(Oc1ccc(OCCNc2nn(CCCC(F)(F)F)c(=O)n(CCCC(F)(F)F)c2=O)cc1)C(=O)[O-]. The number of hydrogen-bond acceptors (Lipinski definition) is 8. The number of carboxylic acids is 1. The summed E-state index contributed by atoms with van der Waals surface area (Å²) in [7, 11) is 0. The van der Waals surface area contributed by atoms with E-state index < -0.39 is 79.8 Å². The lowest BCUT2D eigenvalue weighted by molar-refractivity contribution is -0.320. The number of carbonyl (C=O) groups is 1. The van der Waals surface area contributed by atoms with Crippen LogP contribution in [0.15, 0.2) is 33.9 Å². The number of aliphatic carboxylic acids is 1. The highest BCUT2D eigenvalue weighted by molar-refractivity contribution is 5.74. The van der Waals surface area contributed by atoms with Crippen molar-refractivity contribution in [1.29, 1.82) is 0 Å². The molecular weight excluding hydrogens is 542 g/mol. The molecular formula is C23H27F6N4O6-. The van der Waals surface area contributed by atoms with E-state index >= 15 is 0 Å². The van der Waals surface area contributed by atoms with Gasteiger partial charge in [0.15, 0.2) is 0 Å². The standard InChI is InChI=1S/C23H28F6N4O6/c1-21(2,19(35)36)39-16-7-5-15(6-8-16)38-14-11-30-17-18(34)32(12-3-9-22(24,25)26)20(37)33(31-17)13-4-10-23(27,28)29/h5-8H,3-4,9-14H2,1-2H3,(H,30,31)(H,35,36)/p-1. The fourth-order valence-electron chi connectivity index (χ4n) is 3.16. The molecule has 0 saturated heterocycles. The molecule has 0 aliphatic rings. The Labute approximate surface area is 218 Å². The van der Waals surface area contributed by atoms with Gasteiger partial charge in [0.25, 0.3) is 5.56 Å². The molecule has 1 aromatic heterocycles. The Morgan fingerprint density at radius 3 is 2.03 bits per heavy atom. The lowest BCUT2D eigenvalue weighted by Crippen LogP contribution is -2.47. The molecule has 1 aromatic carbocycles. The first-order valence-electron chi connectivity index (χ1n) is 11.7. The molecule has 10 nitrogen and oxygen atoms in total.